The number of allylic oxidation sites excluding steroid dienone is 4. The van der Waals surface area contributed by atoms with Crippen molar-refractivity contribution in [2.75, 3.05) is 7.11 Å². The number of hydrogen-bond acceptors (Lipinski definition) is 2. The monoisotopic (exact) mass is 284 g/mol. The highest BCUT2D eigenvalue weighted by molar-refractivity contribution is 5.77. The number of imidazole rings is 1. The molecule has 21 heavy (non-hydrogen) atoms. The largest absolute Gasteiger partial charge is 0.497 e. The van der Waals surface area contributed by atoms with Gasteiger partial charge in [-0.05, 0) is 45.7 Å². The minimum absolute atomic E-state index is 0.852. The van der Waals surface area contributed by atoms with Gasteiger partial charge in [0.15, 0.2) is 0 Å². The number of ether oxygens (including phenoxy) is 1. The normalized spacial score (nSPS) is 11.7. The maximum Gasteiger partial charge on any atom is 0.121 e. The summed E-state index contributed by atoms with van der Waals surface area (Å²) in [6.45, 7) is 7.33. The third-order valence-electron chi connectivity index (χ3n) is 3.56. The molecule has 0 aliphatic carbocycles. The van der Waals surface area contributed by atoms with Crippen LogP contribution in [0.25, 0.3) is 11.0 Å². The molecule has 2 aromatic rings. The van der Waals surface area contributed by atoms with Crippen molar-refractivity contribution in [2.45, 2.75) is 40.2 Å². The van der Waals surface area contributed by atoms with Crippen molar-refractivity contribution in [1.29, 1.82) is 0 Å². The van der Waals surface area contributed by atoms with Gasteiger partial charge in [-0.15, -0.1) is 0 Å². The van der Waals surface area contributed by atoms with Crippen molar-refractivity contribution in [2.24, 2.45) is 0 Å². The predicted octanol–water partition coefficient (Wildman–Crippen LogP) is 4.74. The van der Waals surface area contributed by atoms with Crippen LogP contribution in [0.4, 0.5) is 0 Å². The van der Waals surface area contributed by atoms with Crippen LogP contribution >= 0.6 is 0 Å². The first-order chi connectivity index (χ1) is 10.1. The Morgan fingerprint density at radius 2 is 2.05 bits per heavy atom. The summed E-state index contributed by atoms with van der Waals surface area (Å²) in [7, 11) is 1.69. The highest BCUT2D eigenvalue weighted by Gasteiger charge is 2.03. The van der Waals surface area contributed by atoms with E-state index in [4.69, 9.17) is 4.74 Å². The molecular formula is C18H24N2O. The molecule has 112 valence electrons. The first-order valence-corrected chi connectivity index (χ1v) is 7.38. The third-order valence-corrected chi connectivity index (χ3v) is 3.56. The number of hydrogen-bond donors (Lipinski definition) is 0. The molecule has 1 heterocycles. The summed E-state index contributed by atoms with van der Waals surface area (Å²) in [5.41, 5.74) is 4.92. The number of fused-ring (bicyclic) bond motifs is 1. The molecule has 0 N–H and O–H groups in total. The van der Waals surface area contributed by atoms with Gasteiger partial charge in [-0.3, -0.25) is 0 Å². The van der Waals surface area contributed by atoms with Crippen LogP contribution in [-0.4, -0.2) is 16.7 Å². The predicted molar refractivity (Wildman–Crippen MR) is 88.7 cm³/mol. The molecular weight excluding hydrogens is 260 g/mol. The average molecular weight is 284 g/mol. The lowest BCUT2D eigenvalue weighted by atomic mass is 10.1. The summed E-state index contributed by atoms with van der Waals surface area (Å²) in [5, 5.41) is 0. The van der Waals surface area contributed by atoms with E-state index in [2.05, 4.69) is 42.5 Å². The third kappa shape index (κ3) is 4.22. The van der Waals surface area contributed by atoms with Crippen molar-refractivity contribution >= 4 is 11.0 Å². The second kappa shape index (κ2) is 7.11. The molecule has 0 spiro atoms. The van der Waals surface area contributed by atoms with Gasteiger partial charge in [-0.1, -0.05) is 23.3 Å². The lowest BCUT2D eigenvalue weighted by Crippen LogP contribution is -1.94. The standard InChI is InChI=1S/C18H24N2O/c1-14(2)6-5-7-15(3)10-11-20-13-19-17-9-8-16(21-4)12-18(17)20/h6,8-10,12-13H,5,7,11H2,1-4H3. The Labute approximate surface area is 127 Å². The summed E-state index contributed by atoms with van der Waals surface area (Å²) < 4.78 is 7.44. The van der Waals surface area contributed by atoms with Crippen LogP contribution in [-0.2, 0) is 6.54 Å². The van der Waals surface area contributed by atoms with Crippen molar-refractivity contribution in [3.63, 3.8) is 0 Å². The van der Waals surface area contributed by atoms with Crippen molar-refractivity contribution in [3.8, 4) is 5.75 Å². The van der Waals surface area contributed by atoms with Crippen molar-refractivity contribution in [1.82, 2.24) is 9.55 Å². The molecule has 3 heteroatoms. The first-order valence-electron chi connectivity index (χ1n) is 7.38. The molecule has 0 aliphatic rings. The van der Waals surface area contributed by atoms with Crippen LogP contribution in [0.2, 0.25) is 0 Å². The van der Waals surface area contributed by atoms with E-state index < -0.39 is 0 Å². The van der Waals surface area contributed by atoms with E-state index in [0.29, 0.717) is 0 Å². The molecule has 0 unspecified atom stereocenters. The topological polar surface area (TPSA) is 27.1 Å². The maximum absolute atomic E-state index is 5.28. The van der Waals surface area contributed by atoms with Crippen LogP contribution in [0, 0.1) is 0 Å². The Balaban J connectivity index is 2.07. The number of benzene rings is 1. The summed E-state index contributed by atoms with van der Waals surface area (Å²) in [6, 6.07) is 5.98. The Hall–Kier alpha value is -2.03. The molecule has 1 aromatic carbocycles. The molecule has 3 nitrogen and oxygen atoms in total. The SMILES string of the molecule is COc1ccc2ncn(CC=C(C)CCC=C(C)C)c2c1. The minimum atomic E-state index is 0.852. The molecule has 0 amide bonds. The van der Waals surface area contributed by atoms with Gasteiger partial charge >= 0.3 is 0 Å². The van der Waals surface area contributed by atoms with Gasteiger partial charge in [0.1, 0.15) is 5.75 Å². The molecule has 1 aromatic heterocycles. The number of nitrogens with zero attached hydrogens (tertiary/aromatic N) is 2. The van der Waals surface area contributed by atoms with Crippen LogP contribution < -0.4 is 4.74 Å². The van der Waals surface area contributed by atoms with Crippen LogP contribution in [0.15, 0.2) is 47.8 Å². The molecule has 0 radical (unpaired) electrons. The van der Waals surface area contributed by atoms with E-state index in [1.54, 1.807) is 7.11 Å². The summed E-state index contributed by atoms with van der Waals surface area (Å²) in [6.07, 6.45) is 8.68. The molecule has 0 atom stereocenters. The minimum Gasteiger partial charge on any atom is -0.497 e. The van der Waals surface area contributed by atoms with E-state index in [1.165, 1.54) is 11.1 Å². The summed E-state index contributed by atoms with van der Waals surface area (Å²) in [4.78, 5) is 4.43. The highest BCUT2D eigenvalue weighted by Crippen LogP contribution is 2.20. The molecule has 0 fully saturated rings. The molecule has 0 saturated heterocycles. The summed E-state index contributed by atoms with van der Waals surface area (Å²) >= 11 is 0. The number of rotatable bonds is 6. The lowest BCUT2D eigenvalue weighted by molar-refractivity contribution is 0.415. The quantitative estimate of drug-likeness (QED) is 0.716. The molecule has 0 aliphatic heterocycles. The van der Waals surface area contributed by atoms with E-state index in [0.717, 1.165) is 36.2 Å². The molecule has 2 rings (SSSR count). The Morgan fingerprint density at radius 1 is 1.24 bits per heavy atom. The van der Waals surface area contributed by atoms with E-state index >= 15 is 0 Å². The van der Waals surface area contributed by atoms with Crippen molar-refractivity contribution < 1.29 is 4.74 Å². The highest BCUT2D eigenvalue weighted by atomic mass is 16.5. The number of methoxy groups -OCH3 is 1. The van der Waals surface area contributed by atoms with Crippen molar-refractivity contribution in [3.05, 3.63) is 47.8 Å². The number of aromatic nitrogens is 2. The van der Waals surface area contributed by atoms with Gasteiger partial charge in [0.2, 0.25) is 0 Å². The Bertz CT molecular complexity index is 661. The smallest absolute Gasteiger partial charge is 0.121 e. The fourth-order valence-electron chi connectivity index (χ4n) is 2.25. The van der Waals surface area contributed by atoms with Gasteiger partial charge < -0.3 is 9.30 Å². The lowest BCUT2D eigenvalue weighted by Gasteiger charge is -2.04. The second-order valence-electron chi connectivity index (χ2n) is 5.62. The van der Waals surface area contributed by atoms with Crippen LogP contribution in [0.1, 0.15) is 33.6 Å². The zero-order chi connectivity index (χ0) is 15.2. The van der Waals surface area contributed by atoms with E-state index in [-0.39, 0.29) is 0 Å². The second-order valence-corrected chi connectivity index (χ2v) is 5.62. The van der Waals surface area contributed by atoms with Crippen LogP contribution in [0.5, 0.6) is 5.75 Å². The van der Waals surface area contributed by atoms with Gasteiger partial charge in [0, 0.05) is 12.6 Å². The van der Waals surface area contributed by atoms with Gasteiger partial charge in [-0.2, -0.15) is 0 Å². The first kappa shape index (κ1) is 15.4. The Morgan fingerprint density at radius 3 is 2.76 bits per heavy atom. The zero-order valence-corrected chi connectivity index (χ0v) is 13.4. The Kier molecular flexibility index (Phi) is 5.20. The average Bonchev–Trinajstić information content (AvgIpc) is 2.86. The maximum atomic E-state index is 5.28. The zero-order valence-electron chi connectivity index (χ0n) is 13.4. The summed E-state index contributed by atoms with van der Waals surface area (Å²) in [5.74, 6) is 0.869. The fourth-order valence-corrected chi connectivity index (χ4v) is 2.25. The van der Waals surface area contributed by atoms with E-state index in [1.807, 2.05) is 24.5 Å². The van der Waals surface area contributed by atoms with Crippen LogP contribution in [0.3, 0.4) is 0 Å². The van der Waals surface area contributed by atoms with E-state index in [9.17, 15) is 0 Å². The van der Waals surface area contributed by atoms with Gasteiger partial charge in [0.25, 0.3) is 0 Å². The van der Waals surface area contributed by atoms with Gasteiger partial charge in [0.05, 0.1) is 24.5 Å². The van der Waals surface area contributed by atoms with Gasteiger partial charge in [-0.25, -0.2) is 4.98 Å². The molecule has 0 bridgehead atoms. The fraction of sp³-hybridized carbons (Fsp3) is 0.389. The molecule has 0 saturated carbocycles.